The SMILES string of the molecule is O=C(Nc1ccc2c(c1)OCCO2)c1ccc(-c2ncccc2C(F)(F)F)cc1. The second-order valence-corrected chi connectivity index (χ2v) is 6.29. The fourth-order valence-electron chi connectivity index (χ4n) is 2.97. The predicted molar refractivity (Wildman–Crippen MR) is 100 cm³/mol. The number of anilines is 1. The molecule has 1 aromatic heterocycles. The highest BCUT2D eigenvalue weighted by molar-refractivity contribution is 6.04. The highest BCUT2D eigenvalue weighted by Gasteiger charge is 2.34. The number of nitrogens with zero attached hydrogens (tertiary/aromatic N) is 1. The number of benzene rings is 2. The van der Waals surface area contributed by atoms with Crippen LogP contribution < -0.4 is 14.8 Å². The van der Waals surface area contributed by atoms with Gasteiger partial charge in [-0.15, -0.1) is 0 Å². The van der Waals surface area contributed by atoms with Crippen molar-refractivity contribution in [3.05, 3.63) is 71.9 Å². The molecule has 0 unspecified atom stereocenters. The predicted octanol–water partition coefficient (Wildman–Crippen LogP) is 4.79. The first-order valence-electron chi connectivity index (χ1n) is 8.75. The third kappa shape index (κ3) is 4.01. The molecule has 8 heteroatoms. The molecule has 0 fully saturated rings. The van der Waals surface area contributed by atoms with Gasteiger partial charge in [-0.05, 0) is 36.4 Å². The number of carbonyl (C=O) groups is 1. The van der Waals surface area contributed by atoms with E-state index in [4.69, 9.17) is 9.47 Å². The molecule has 5 nitrogen and oxygen atoms in total. The van der Waals surface area contributed by atoms with Crippen LogP contribution >= 0.6 is 0 Å². The number of carbonyl (C=O) groups excluding carboxylic acids is 1. The van der Waals surface area contributed by atoms with Gasteiger partial charge >= 0.3 is 6.18 Å². The fraction of sp³-hybridized carbons (Fsp3) is 0.143. The first-order valence-corrected chi connectivity index (χ1v) is 8.75. The van der Waals surface area contributed by atoms with E-state index >= 15 is 0 Å². The number of nitrogens with one attached hydrogen (secondary N) is 1. The van der Waals surface area contributed by atoms with E-state index in [1.807, 2.05) is 0 Å². The molecule has 1 aliphatic rings. The second-order valence-electron chi connectivity index (χ2n) is 6.29. The number of hydrogen-bond donors (Lipinski definition) is 1. The van der Waals surface area contributed by atoms with Gasteiger partial charge in [0.05, 0.1) is 11.3 Å². The van der Waals surface area contributed by atoms with Crippen LogP contribution in [0.2, 0.25) is 0 Å². The molecule has 0 atom stereocenters. The summed E-state index contributed by atoms with van der Waals surface area (Å²) >= 11 is 0. The molecular formula is C21H15F3N2O3. The Morgan fingerprint density at radius 2 is 1.69 bits per heavy atom. The van der Waals surface area contributed by atoms with E-state index in [1.54, 1.807) is 18.2 Å². The van der Waals surface area contributed by atoms with E-state index < -0.39 is 17.6 Å². The molecule has 1 amide bonds. The summed E-state index contributed by atoms with van der Waals surface area (Å²) in [6.45, 7) is 0.899. The van der Waals surface area contributed by atoms with Crippen molar-refractivity contribution in [2.24, 2.45) is 0 Å². The number of rotatable bonds is 3. The van der Waals surface area contributed by atoms with Crippen LogP contribution in [0.15, 0.2) is 60.8 Å². The van der Waals surface area contributed by atoms with Crippen molar-refractivity contribution in [2.45, 2.75) is 6.18 Å². The van der Waals surface area contributed by atoms with Crippen molar-refractivity contribution in [2.75, 3.05) is 18.5 Å². The van der Waals surface area contributed by atoms with Gasteiger partial charge in [0, 0.05) is 29.1 Å². The molecule has 0 aliphatic carbocycles. The summed E-state index contributed by atoms with van der Waals surface area (Å²) < 4.78 is 50.5. The van der Waals surface area contributed by atoms with Crippen molar-refractivity contribution < 1.29 is 27.4 Å². The van der Waals surface area contributed by atoms with Crippen molar-refractivity contribution >= 4 is 11.6 Å². The van der Waals surface area contributed by atoms with Gasteiger partial charge in [-0.2, -0.15) is 13.2 Å². The van der Waals surface area contributed by atoms with Gasteiger partial charge in [-0.1, -0.05) is 12.1 Å². The van der Waals surface area contributed by atoms with Gasteiger partial charge < -0.3 is 14.8 Å². The van der Waals surface area contributed by atoms with Gasteiger partial charge in [-0.25, -0.2) is 0 Å². The third-order valence-electron chi connectivity index (χ3n) is 4.33. The van der Waals surface area contributed by atoms with E-state index in [2.05, 4.69) is 10.3 Å². The minimum atomic E-state index is -4.52. The summed E-state index contributed by atoms with van der Waals surface area (Å²) in [6, 6.07) is 13.1. The summed E-state index contributed by atoms with van der Waals surface area (Å²) in [7, 11) is 0. The molecule has 1 N–H and O–H groups in total. The lowest BCUT2D eigenvalue weighted by Gasteiger charge is -2.19. The Labute approximate surface area is 164 Å². The van der Waals surface area contributed by atoms with Crippen molar-refractivity contribution in [1.82, 2.24) is 4.98 Å². The Morgan fingerprint density at radius 3 is 2.41 bits per heavy atom. The maximum Gasteiger partial charge on any atom is 0.418 e. The molecular weight excluding hydrogens is 385 g/mol. The summed E-state index contributed by atoms with van der Waals surface area (Å²) in [6.07, 6.45) is -3.22. The summed E-state index contributed by atoms with van der Waals surface area (Å²) in [5.74, 6) is 0.749. The number of pyridine rings is 1. The van der Waals surface area contributed by atoms with Crippen molar-refractivity contribution in [3.8, 4) is 22.8 Å². The molecule has 4 rings (SSSR count). The van der Waals surface area contributed by atoms with Crippen LogP contribution in [-0.2, 0) is 6.18 Å². The average molecular weight is 400 g/mol. The maximum absolute atomic E-state index is 13.2. The molecule has 0 radical (unpaired) electrons. The van der Waals surface area contributed by atoms with E-state index in [-0.39, 0.29) is 11.3 Å². The van der Waals surface area contributed by atoms with Gasteiger partial charge in [0.2, 0.25) is 0 Å². The second kappa shape index (κ2) is 7.46. The van der Waals surface area contributed by atoms with Crippen molar-refractivity contribution in [3.63, 3.8) is 0 Å². The van der Waals surface area contributed by atoms with E-state index in [9.17, 15) is 18.0 Å². The van der Waals surface area contributed by atoms with Crippen LogP contribution in [-0.4, -0.2) is 24.1 Å². The van der Waals surface area contributed by atoms with Gasteiger partial charge in [0.1, 0.15) is 13.2 Å². The summed E-state index contributed by atoms with van der Waals surface area (Å²) in [5, 5.41) is 2.73. The molecule has 2 heterocycles. The van der Waals surface area contributed by atoms with Crippen LogP contribution in [0.25, 0.3) is 11.3 Å². The standard InChI is InChI=1S/C21H15F3N2O3/c22-21(23,24)16-2-1-9-25-19(16)13-3-5-14(6-4-13)20(27)26-15-7-8-17-18(12-15)29-11-10-28-17/h1-9,12H,10-11H2,(H,26,27). The van der Waals surface area contributed by atoms with E-state index in [0.29, 0.717) is 36.0 Å². The van der Waals surface area contributed by atoms with E-state index in [1.165, 1.54) is 36.5 Å². The minimum absolute atomic E-state index is 0.182. The Morgan fingerprint density at radius 1 is 0.966 bits per heavy atom. The molecule has 29 heavy (non-hydrogen) atoms. The average Bonchev–Trinajstić information content (AvgIpc) is 2.73. The first kappa shape index (κ1) is 18.8. The number of aromatic nitrogens is 1. The zero-order valence-electron chi connectivity index (χ0n) is 15.0. The molecule has 0 saturated carbocycles. The topological polar surface area (TPSA) is 60.5 Å². The lowest BCUT2D eigenvalue weighted by Crippen LogP contribution is -2.16. The molecule has 2 aromatic carbocycles. The molecule has 0 saturated heterocycles. The van der Waals surface area contributed by atoms with Crippen LogP contribution in [0.3, 0.4) is 0 Å². The molecule has 1 aliphatic heterocycles. The van der Waals surface area contributed by atoms with Crippen molar-refractivity contribution in [1.29, 1.82) is 0 Å². The van der Waals surface area contributed by atoms with Crippen LogP contribution in [0.5, 0.6) is 11.5 Å². The highest BCUT2D eigenvalue weighted by atomic mass is 19.4. The Hall–Kier alpha value is -3.55. The number of ether oxygens (including phenoxy) is 2. The van der Waals surface area contributed by atoms with E-state index in [0.717, 1.165) is 6.07 Å². The minimum Gasteiger partial charge on any atom is -0.486 e. The Kier molecular flexibility index (Phi) is 4.84. The molecule has 0 bridgehead atoms. The quantitative estimate of drug-likeness (QED) is 0.687. The Balaban J connectivity index is 1.53. The number of amides is 1. The van der Waals surface area contributed by atoms with Crippen LogP contribution in [0, 0.1) is 0 Å². The number of alkyl halides is 3. The van der Waals surface area contributed by atoms with Gasteiger partial charge in [0.25, 0.3) is 5.91 Å². The smallest absolute Gasteiger partial charge is 0.418 e. The number of hydrogen-bond acceptors (Lipinski definition) is 4. The van der Waals surface area contributed by atoms with Crippen LogP contribution in [0.1, 0.15) is 15.9 Å². The lowest BCUT2D eigenvalue weighted by molar-refractivity contribution is -0.137. The maximum atomic E-state index is 13.2. The molecule has 3 aromatic rings. The largest absolute Gasteiger partial charge is 0.486 e. The zero-order valence-corrected chi connectivity index (χ0v) is 15.0. The number of fused-ring (bicyclic) bond motifs is 1. The lowest BCUT2D eigenvalue weighted by atomic mass is 10.0. The zero-order chi connectivity index (χ0) is 20.4. The molecule has 0 spiro atoms. The monoisotopic (exact) mass is 400 g/mol. The fourth-order valence-corrected chi connectivity index (χ4v) is 2.97. The third-order valence-corrected chi connectivity index (χ3v) is 4.33. The van der Waals surface area contributed by atoms with Crippen LogP contribution in [0.4, 0.5) is 18.9 Å². The van der Waals surface area contributed by atoms with Gasteiger partial charge in [0.15, 0.2) is 11.5 Å². The summed E-state index contributed by atoms with van der Waals surface area (Å²) in [5.41, 5.74) is 0.0848. The highest BCUT2D eigenvalue weighted by Crippen LogP contribution is 2.36. The normalized spacial score (nSPS) is 13.1. The van der Waals surface area contributed by atoms with Gasteiger partial charge in [-0.3, -0.25) is 9.78 Å². The Bertz CT molecular complexity index is 1050. The number of halogens is 3. The summed E-state index contributed by atoms with van der Waals surface area (Å²) in [4.78, 5) is 16.3. The first-order chi connectivity index (χ1) is 13.9. The molecule has 148 valence electrons.